The summed E-state index contributed by atoms with van der Waals surface area (Å²) >= 11 is 0. The molecule has 7 heteroatoms. The van der Waals surface area contributed by atoms with Gasteiger partial charge in [0.1, 0.15) is 0 Å². The first kappa shape index (κ1) is 18.3. The highest BCUT2D eigenvalue weighted by molar-refractivity contribution is 5.81. The molecule has 1 aliphatic rings. The first-order chi connectivity index (χ1) is 11.0. The molecule has 0 bridgehead atoms. The number of carboxylic acid groups (broad SMARTS) is 1. The van der Waals surface area contributed by atoms with E-state index in [2.05, 4.69) is 0 Å². The van der Waals surface area contributed by atoms with Crippen LogP contribution in [-0.2, 0) is 16.0 Å². The molecule has 0 spiro atoms. The zero-order valence-corrected chi connectivity index (χ0v) is 13.6. The van der Waals surface area contributed by atoms with Gasteiger partial charge in [0, 0.05) is 19.5 Å². The molecule has 0 aromatic heterocycles. The first-order valence-electron chi connectivity index (χ1n) is 7.70. The minimum atomic E-state index is -4.87. The minimum Gasteiger partial charge on any atom is -0.481 e. The lowest BCUT2D eigenvalue weighted by Crippen LogP contribution is -2.47. The Hall–Kier alpha value is -2.05. The summed E-state index contributed by atoms with van der Waals surface area (Å²) in [7, 11) is 0. The zero-order chi connectivity index (χ0) is 18.1. The van der Waals surface area contributed by atoms with E-state index in [9.17, 15) is 22.8 Å². The molecule has 24 heavy (non-hydrogen) atoms. The number of carbonyl (C=O) groups excluding carboxylic acids is 1. The zero-order valence-electron chi connectivity index (χ0n) is 13.6. The fourth-order valence-electron chi connectivity index (χ4n) is 3.17. The highest BCUT2D eigenvalue weighted by Crippen LogP contribution is 2.45. The van der Waals surface area contributed by atoms with Gasteiger partial charge in [-0.25, -0.2) is 0 Å². The van der Waals surface area contributed by atoms with Gasteiger partial charge < -0.3 is 10.0 Å². The molecule has 1 fully saturated rings. The molecule has 1 aromatic rings. The number of rotatable bonds is 4. The molecular formula is C17H20F3NO3. The number of aryl methyl sites for hydroxylation is 3. The molecule has 0 unspecified atom stereocenters. The van der Waals surface area contributed by atoms with Crippen LogP contribution >= 0.6 is 0 Å². The van der Waals surface area contributed by atoms with Crippen molar-refractivity contribution in [3.8, 4) is 0 Å². The smallest absolute Gasteiger partial charge is 0.406 e. The third-order valence-corrected chi connectivity index (χ3v) is 4.48. The van der Waals surface area contributed by atoms with Crippen molar-refractivity contribution in [2.75, 3.05) is 13.1 Å². The molecule has 1 aliphatic heterocycles. The van der Waals surface area contributed by atoms with Gasteiger partial charge in [0.15, 0.2) is 5.41 Å². The van der Waals surface area contributed by atoms with E-state index in [1.54, 1.807) is 0 Å². The highest BCUT2D eigenvalue weighted by Gasteiger charge is 2.64. The molecule has 1 aromatic carbocycles. The van der Waals surface area contributed by atoms with Crippen LogP contribution < -0.4 is 0 Å². The van der Waals surface area contributed by atoms with E-state index >= 15 is 0 Å². The van der Waals surface area contributed by atoms with Gasteiger partial charge in [-0.05, 0) is 32.3 Å². The van der Waals surface area contributed by atoms with Crippen LogP contribution in [0.3, 0.4) is 0 Å². The molecule has 0 saturated carbocycles. The maximum Gasteiger partial charge on any atom is 0.406 e. The summed E-state index contributed by atoms with van der Waals surface area (Å²) in [5.41, 5.74) is 0.212. The molecule has 4 nitrogen and oxygen atoms in total. The quantitative estimate of drug-likeness (QED) is 0.914. The number of halogens is 3. The lowest BCUT2D eigenvalue weighted by Gasteiger charge is -2.27. The maximum atomic E-state index is 13.1. The van der Waals surface area contributed by atoms with E-state index in [1.165, 1.54) is 0 Å². The summed E-state index contributed by atoms with van der Waals surface area (Å²) in [6.45, 7) is 2.88. The number of hydrogen-bond donors (Lipinski definition) is 1. The molecular weight excluding hydrogens is 323 g/mol. The predicted octanol–water partition coefficient (Wildman–Crippen LogP) is 3.10. The number of nitrogens with zero attached hydrogens (tertiary/aromatic N) is 1. The van der Waals surface area contributed by atoms with Gasteiger partial charge >= 0.3 is 12.1 Å². The third-order valence-electron chi connectivity index (χ3n) is 4.48. The Balaban J connectivity index is 2.03. The van der Waals surface area contributed by atoms with Gasteiger partial charge in [-0.1, -0.05) is 29.3 Å². The number of likely N-dealkylation sites (tertiary alicyclic amines) is 1. The monoisotopic (exact) mass is 343 g/mol. The van der Waals surface area contributed by atoms with E-state index in [1.807, 2.05) is 32.0 Å². The van der Waals surface area contributed by atoms with Crippen molar-refractivity contribution in [1.29, 1.82) is 0 Å². The second kappa shape index (κ2) is 6.45. The van der Waals surface area contributed by atoms with E-state index in [0.29, 0.717) is 6.42 Å². The standard InChI is InChI=1S/C17H20F3NO3/c1-11-7-12(2)9-13(8-11)3-4-14(22)21-6-5-16(10-21,15(23)24)17(18,19)20/h7-9H,3-6,10H2,1-2H3,(H,23,24)/t16-/m1/s1. The van der Waals surface area contributed by atoms with Crippen LogP contribution in [0.5, 0.6) is 0 Å². The number of aliphatic carboxylic acids is 1. The SMILES string of the molecule is Cc1cc(C)cc(CCC(=O)N2CC[C@@](C(=O)O)(C(F)(F)F)C2)c1. The maximum absolute atomic E-state index is 13.1. The van der Waals surface area contributed by atoms with Crippen LogP contribution in [0, 0.1) is 19.3 Å². The first-order valence-corrected chi connectivity index (χ1v) is 7.70. The summed E-state index contributed by atoms with van der Waals surface area (Å²) in [4.78, 5) is 24.3. The van der Waals surface area contributed by atoms with Crippen molar-refractivity contribution in [3.05, 3.63) is 34.9 Å². The van der Waals surface area contributed by atoms with Crippen LogP contribution in [0.4, 0.5) is 13.2 Å². The van der Waals surface area contributed by atoms with Crippen molar-refractivity contribution in [2.45, 2.75) is 39.3 Å². The Kier molecular flexibility index (Phi) is 4.92. The van der Waals surface area contributed by atoms with Crippen LogP contribution in [0.2, 0.25) is 0 Å². The number of benzene rings is 1. The van der Waals surface area contributed by atoms with Gasteiger partial charge in [-0.15, -0.1) is 0 Å². The van der Waals surface area contributed by atoms with Crippen molar-refractivity contribution in [2.24, 2.45) is 5.41 Å². The second-order valence-electron chi connectivity index (χ2n) is 6.45. The van der Waals surface area contributed by atoms with Crippen LogP contribution in [0.1, 0.15) is 29.5 Å². The van der Waals surface area contributed by atoms with Crippen LogP contribution in [0.15, 0.2) is 18.2 Å². The van der Waals surface area contributed by atoms with E-state index in [4.69, 9.17) is 5.11 Å². The molecule has 1 N–H and O–H groups in total. The minimum absolute atomic E-state index is 0.0659. The summed E-state index contributed by atoms with van der Waals surface area (Å²) in [6, 6.07) is 5.86. The fraction of sp³-hybridized carbons (Fsp3) is 0.529. The molecule has 1 saturated heterocycles. The van der Waals surface area contributed by atoms with E-state index < -0.39 is 36.4 Å². The summed E-state index contributed by atoms with van der Waals surface area (Å²) < 4.78 is 39.4. The Morgan fingerprint density at radius 1 is 1.21 bits per heavy atom. The Morgan fingerprint density at radius 3 is 2.25 bits per heavy atom. The molecule has 0 radical (unpaired) electrons. The Labute approximate surface area is 138 Å². The largest absolute Gasteiger partial charge is 0.481 e. The summed E-state index contributed by atoms with van der Waals surface area (Å²) in [6.07, 6.45) is -4.98. The molecule has 1 atom stereocenters. The van der Waals surface area contributed by atoms with Gasteiger partial charge in [0.05, 0.1) is 0 Å². The predicted molar refractivity (Wildman–Crippen MR) is 81.6 cm³/mol. The lowest BCUT2D eigenvalue weighted by molar-refractivity contribution is -0.227. The van der Waals surface area contributed by atoms with E-state index in [-0.39, 0.29) is 13.0 Å². The van der Waals surface area contributed by atoms with E-state index in [0.717, 1.165) is 21.6 Å². The number of carboxylic acids is 1. The number of carbonyl (C=O) groups is 2. The van der Waals surface area contributed by atoms with Crippen molar-refractivity contribution in [1.82, 2.24) is 4.90 Å². The number of alkyl halides is 3. The molecule has 2 rings (SSSR count). The molecule has 132 valence electrons. The summed E-state index contributed by atoms with van der Waals surface area (Å²) in [5.74, 6) is -2.36. The highest BCUT2D eigenvalue weighted by atomic mass is 19.4. The van der Waals surface area contributed by atoms with Gasteiger partial charge in [-0.2, -0.15) is 13.2 Å². The van der Waals surface area contributed by atoms with Gasteiger partial charge in [0.2, 0.25) is 5.91 Å². The lowest BCUT2D eigenvalue weighted by atomic mass is 9.86. The topological polar surface area (TPSA) is 57.6 Å². The van der Waals surface area contributed by atoms with Crippen molar-refractivity contribution >= 4 is 11.9 Å². The van der Waals surface area contributed by atoms with Gasteiger partial charge in [0.25, 0.3) is 0 Å². The average Bonchev–Trinajstić information content (AvgIpc) is 2.90. The van der Waals surface area contributed by atoms with Crippen LogP contribution in [-0.4, -0.2) is 41.1 Å². The Bertz CT molecular complexity index is 637. The molecule has 1 amide bonds. The third kappa shape index (κ3) is 3.55. The number of hydrogen-bond acceptors (Lipinski definition) is 2. The average molecular weight is 343 g/mol. The van der Waals surface area contributed by atoms with Crippen molar-refractivity contribution in [3.63, 3.8) is 0 Å². The number of amides is 1. The van der Waals surface area contributed by atoms with Gasteiger partial charge in [-0.3, -0.25) is 9.59 Å². The fourth-order valence-corrected chi connectivity index (χ4v) is 3.17. The Morgan fingerprint density at radius 2 is 1.79 bits per heavy atom. The van der Waals surface area contributed by atoms with Crippen LogP contribution in [0.25, 0.3) is 0 Å². The molecule has 0 aliphatic carbocycles. The second-order valence-corrected chi connectivity index (χ2v) is 6.45. The van der Waals surface area contributed by atoms with Crippen molar-refractivity contribution < 1.29 is 27.9 Å². The summed E-state index contributed by atoms with van der Waals surface area (Å²) in [5, 5.41) is 9.01. The normalized spacial score (nSPS) is 21.1. The molecule has 1 heterocycles.